The molecule has 1 rings (SSSR count). The molecule has 0 aliphatic carbocycles. The summed E-state index contributed by atoms with van der Waals surface area (Å²) < 4.78 is 19.4. The van der Waals surface area contributed by atoms with Crippen LogP contribution in [0.15, 0.2) is 18.2 Å². The van der Waals surface area contributed by atoms with Crippen LogP contribution in [-0.2, 0) is 11.3 Å². The van der Waals surface area contributed by atoms with Gasteiger partial charge < -0.3 is 15.0 Å². The first kappa shape index (κ1) is 16.9. The molecule has 4 heteroatoms. The van der Waals surface area contributed by atoms with Gasteiger partial charge in [0.25, 0.3) is 0 Å². The molecule has 0 unspecified atom stereocenters. The standard InChI is InChI=1S/C16H27FN2O/c1-5-9-18-12-14-7-6-8-15(17)16(14)19(13(2)3)10-11-20-4/h6-8,13,18H,5,9-12H2,1-4H3. The molecule has 1 aromatic rings. The van der Waals surface area contributed by atoms with E-state index in [1.807, 2.05) is 6.07 Å². The maximum Gasteiger partial charge on any atom is 0.146 e. The Hall–Kier alpha value is -1.13. The van der Waals surface area contributed by atoms with Crippen LogP contribution >= 0.6 is 0 Å². The molecule has 0 aromatic heterocycles. The summed E-state index contributed by atoms with van der Waals surface area (Å²) in [5.41, 5.74) is 1.70. The molecule has 0 atom stereocenters. The van der Waals surface area contributed by atoms with Crippen molar-refractivity contribution in [3.05, 3.63) is 29.6 Å². The van der Waals surface area contributed by atoms with E-state index in [1.54, 1.807) is 13.2 Å². The molecule has 1 N–H and O–H groups in total. The number of ether oxygens (including phenoxy) is 1. The lowest BCUT2D eigenvalue weighted by Gasteiger charge is -2.31. The zero-order valence-electron chi connectivity index (χ0n) is 13.1. The van der Waals surface area contributed by atoms with Gasteiger partial charge in [-0.1, -0.05) is 19.1 Å². The van der Waals surface area contributed by atoms with Gasteiger partial charge in [0.1, 0.15) is 5.82 Å². The topological polar surface area (TPSA) is 24.5 Å². The van der Waals surface area contributed by atoms with Crippen LogP contribution in [0.25, 0.3) is 0 Å². The minimum atomic E-state index is -0.161. The lowest BCUT2D eigenvalue weighted by Crippen LogP contribution is -2.35. The molecule has 3 nitrogen and oxygen atoms in total. The van der Waals surface area contributed by atoms with Crippen molar-refractivity contribution >= 4 is 5.69 Å². The maximum absolute atomic E-state index is 14.3. The van der Waals surface area contributed by atoms with Gasteiger partial charge in [0, 0.05) is 26.2 Å². The third-order valence-electron chi connectivity index (χ3n) is 3.26. The third kappa shape index (κ3) is 4.76. The molecule has 0 aliphatic heterocycles. The van der Waals surface area contributed by atoms with E-state index in [1.165, 1.54) is 6.07 Å². The Balaban J connectivity index is 2.98. The lowest BCUT2D eigenvalue weighted by atomic mass is 10.1. The van der Waals surface area contributed by atoms with Crippen LogP contribution in [0.4, 0.5) is 10.1 Å². The van der Waals surface area contributed by atoms with Crippen molar-refractivity contribution in [1.82, 2.24) is 5.32 Å². The Labute approximate surface area is 122 Å². The molecule has 0 radical (unpaired) electrons. The van der Waals surface area contributed by atoms with E-state index in [-0.39, 0.29) is 11.9 Å². The Morgan fingerprint density at radius 2 is 2.10 bits per heavy atom. The highest BCUT2D eigenvalue weighted by Crippen LogP contribution is 2.26. The van der Waals surface area contributed by atoms with E-state index in [4.69, 9.17) is 4.74 Å². The van der Waals surface area contributed by atoms with Crippen molar-refractivity contribution in [3.8, 4) is 0 Å². The fourth-order valence-electron chi connectivity index (χ4n) is 2.24. The van der Waals surface area contributed by atoms with Crippen LogP contribution in [-0.4, -0.2) is 32.8 Å². The monoisotopic (exact) mass is 282 g/mol. The molecule has 0 bridgehead atoms. The van der Waals surface area contributed by atoms with E-state index in [0.29, 0.717) is 25.4 Å². The zero-order valence-corrected chi connectivity index (χ0v) is 13.1. The molecule has 0 heterocycles. The average molecular weight is 282 g/mol. The minimum Gasteiger partial charge on any atom is -0.383 e. The van der Waals surface area contributed by atoms with E-state index < -0.39 is 0 Å². The molecule has 0 fully saturated rings. The van der Waals surface area contributed by atoms with Gasteiger partial charge in [-0.2, -0.15) is 0 Å². The fraction of sp³-hybridized carbons (Fsp3) is 0.625. The molecule has 114 valence electrons. The number of nitrogens with zero attached hydrogens (tertiary/aromatic N) is 1. The summed E-state index contributed by atoms with van der Waals surface area (Å²) in [4.78, 5) is 2.07. The van der Waals surface area contributed by atoms with Crippen LogP contribution in [0.2, 0.25) is 0 Å². The van der Waals surface area contributed by atoms with Gasteiger partial charge in [-0.15, -0.1) is 0 Å². The number of para-hydroxylation sites is 1. The molecule has 1 aromatic carbocycles. The van der Waals surface area contributed by atoms with Gasteiger partial charge >= 0.3 is 0 Å². The second-order valence-corrected chi connectivity index (χ2v) is 5.20. The van der Waals surface area contributed by atoms with Crippen molar-refractivity contribution < 1.29 is 9.13 Å². The largest absolute Gasteiger partial charge is 0.383 e. The van der Waals surface area contributed by atoms with Crippen molar-refractivity contribution in [2.75, 3.05) is 31.7 Å². The highest BCUT2D eigenvalue weighted by molar-refractivity contribution is 5.55. The van der Waals surface area contributed by atoms with Gasteiger partial charge in [-0.05, 0) is 38.4 Å². The number of benzene rings is 1. The maximum atomic E-state index is 14.3. The summed E-state index contributed by atoms with van der Waals surface area (Å²) in [5.74, 6) is -0.161. The fourth-order valence-corrected chi connectivity index (χ4v) is 2.24. The summed E-state index contributed by atoms with van der Waals surface area (Å²) >= 11 is 0. The van der Waals surface area contributed by atoms with E-state index in [9.17, 15) is 4.39 Å². The first-order valence-electron chi connectivity index (χ1n) is 7.35. The van der Waals surface area contributed by atoms with E-state index in [0.717, 1.165) is 18.5 Å². The molecule has 0 aliphatic rings. The third-order valence-corrected chi connectivity index (χ3v) is 3.26. The summed E-state index contributed by atoms with van der Waals surface area (Å²) in [7, 11) is 1.67. The highest BCUT2D eigenvalue weighted by Gasteiger charge is 2.18. The first-order chi connectivity index (χ1) is 9.61. The molecular formula is C16H27FN2O. The van der Waals surface area contributed by atoms with E-state index >= 15 is 0 Å². The second kappa shape index (κ2) is 8.93. The van der Waals surface area contributed by atoms with Crippen LogP contribution in [0.1, 0.15) is 32.8 Å². The van der Waals surface area contributed by atoms with Gasteiger partial charge in [0.2, 0.25) is 0 Å². The Kier molecular flexibility index (Phi) is 7.55. The molecule has 0 saturated carbocycles. The molecular weight excluding hydrogens is 255 g/mol. The molecule has 0 saturated heterocycles. The van der Waals surface area contributed by atoms with Crippen LogP contribution < -0.4 is 10.2 Å². The van der Waals surface area contributed by atoms with E-state index in [2.05, 4.69) is 31.0 Å². The van der Waals surface area contributed by atoms with Crippen molar-refractivity contribution in [3.63, 3.8) is 0 Å². The first-order valence-corrected chi connectivity index (χ1v) is 7.35. The SMILES string of the molecule is CCCNCc1cccc(F)c1N(CCOC)C(C)C. The number of nitrogens with one attached hydrogen (secondary N) is 1. The van der Waals surface area contributed by atoms with Gasteiger partial charge in [0.05, 0.1) is 12.3 Å². The Morgan fingerprint density at radius 1 is 1.35 bits per heavy atom. The smallest absolute Gasteiger partial charge is 0.146 e. The van der Waals surface area contributed by atoms with Gasteiger partial charge in [0.15, 0.2) is 0 Å². The second-order valence-electron chi connectivity index (χ2n) is 5.20. The highest BCUT2D eigenvalue weighted by atomic mass is 19.1. The van der Waals surface area contributed by atoms with Crippen molar-refractivity contribution in [1.29, 1.82) is 0 Å². The number of hydrogen-bond acceptors (Lipinski definition) is 3. The van der Waals surface area contributed by atoms with Crippen LogP contribution in [0, 0.1) is 5.82 Å². The predicted octanol–water partition coefficient (Wildman–Crippen LogP) is 3.19. The number of methoxy groups -OCH3 is 1. The normalized spacial score (nSPS) is 11.1. The number of anilines is 1. The number of hydrogen-bond donors (Lipinski definition) is 1. The summed E-state index contributed by atoms with van der Waals surface area (Å²) in [5, 5.41) is 3.34. The summed E-state index contributed by atoms with van der Waals surface area (Å²) in [6.07, 6.45) is 1.07. The molecule has 20 heavy (non-hydrogen) atoms. The molecule has 0 amide bonds. The predicted molar refractivity (Wildman–Crippen MR) is 82.8 cm³/mol. The zero-order chi connectivity index (χ0) is 15.0. The number of rotatable bonds is 9. The quantitative estimate of drug-likeness (QED) is 0.704. The summed E-state index contributed by atoms with van der Waals surface area (Å²) in [6, 6.07) is 5.52. The average Bonchev–Trinajstić information content (AvgIpc) is 2.41. The van der Waals surface area contributed by atoms with Crippen LogP contribution in [0.5, 0.6) is 0 Å². The minimum absolute atomic E-state index is 0.161. The van der Waals surface area contributed by atoms with Crippen molar-refractivity contribution in [2.45, 2.75) is 39.8 Å². The lowest BCUT2D eigenvalue weighted by molar-refractivity contribution is 0.203. The van der Waals surface area contributed by atoms with Crippen molar-refractivity contribution in [2.24, 2.45) is 0 Å². The Morgan fingerprint density at radius 3 is 2.70 bits per heavy atom. The van der Waals surface area contributed by atoms with Gasteiger partial charge in [-0.3, -0.25) is 0 Å². The van der Waals surface area contributed by atoms with Crippen LogP contribution in [0.3, 0.4) is 0 Å². The summed E-state index contributed by atoms with van der Waals surface area (Å²) in [6.45, 7) is 9.19. The Bertz CT molecular complexity index is 396. The number of halogens is 1. The molecule has 0 spiro atoms. The van der Waals surface area contributed by atoms with Gasteiger partial charge in [-0.25, -0.2) is 4.39 Å².